The average molecular weight is 386 g/mol. The Kier molecular flexibility index (Phi) is 7.46. The van der Waals surface area contributed by atoms with Gasteiger partial charge in [0, 0.05) is 46.0 Å². The second-order valence-corrected chi connectivity index (χ2v) is 8.23. The topological polar surface area (TPSA) is 104 Å². The van der Waals surface area contributed by atoms with Gasteiger partial charge < -0.3 is 24.3 Å². The second-order valence-electron chi connectivity index (χ2n) is 5.97. The lowest BCUT2D eigenvalue weighted by Gasteiger charge is -2.36. The molecule has 1 N–H and O–H groups in total. The van der Waals surface area contributed by atoms with E-state index in [2.05, 4.69) is 15.2 Å². The van der Waals surface area contributed by atoms with E-state index in [9.17, 15) is 13.2 Å². The molecule has 1 aliphatic heterocycles. The highest BCUT2D eigenvalue weighted by Crippen LogP contribution is 2.09. The Hall–Kier alpha value is -2.07. The maximum atomic E-state index is 12.3. The van der Waals surface area contributed by atoms with Crippen LogP contribution in [0.2, 0.25) is 0 Å². The quantitative estimate of drug-likeness (QED) is 0.389. The van der Waals surface area contributed by atoms with E-state index in [-0.39, 0.29) is 18.3 Å². The predicted octanol–water partition coefficient (Wildman–Crippen LogP) is -0.326. The number of nitrogens with zero attached hydrogens (tertiary/aromatic N) is 3. The number of nitrogens with one attached hydrogen (secondary N) is 1. The number of aliphatic imine (C=N–C) groups is 1. The average Bonchev–Trinajstić information content (AvgIpc) is 3.14. The summed E-state index contributed by atoms with van der Waals surface area (Å²) in [5.74, 6) is 1.01. The molecule has 146 valence electrons. The van der Waals surface area contributed by atoms with Crippen molar-refractivity contribution >= 4 is 21.7 Å². The second kappa shape index (κ2) is 9.58. The third kappa shape index (κ3) is 6.34. The summed E-state index contributed by atoms with van der Waals surface area (Å²) in [5.41, 5.74) is 0. The molecule has 1 aliphatic rings. The zero-order valence-electron chi connectivity index (χ0n) is 15.2. The molecule has 0 saturated carbocycles. The van der Waals surface area contributed by atoms with Gasteiger partial charge in [0.25, 0.3) is 5.91 Å². The monoisotopic (exact) mass is 386 g/mol. The molecule has 0 atom stereocenters. The van der Waals surface area contributed by atoms with Gasteiger partial charge >= 0.3 is 0 Å². The number of carbonyl (C=O) groups is 1. The van der Waals surface area contributed by atoms with Gasteiger partial charge in [-0.25, -0.2) is 8.42 Å². The van der Waals surface area contributed by atoms with Crippen molar-refractivity contribution in [1.29, 1.82) is 0 Å². The number of hydrogen-bond acceptors (Lipinski definition) is 6. The molecular weight excluding hydrogens is 360 g/mol. The van der Waals surface area contributed by atoms with Crippen LogP contribution in [0.1, 0.15) is 10.6 Å². The van der Waals surface area contributed by atoms with Crippen LogP contribution in [-0.2, 0) is 14.6 Å². The molecule has 0 unspecified atom stereocenters. The van der Waals surface area contributed by atoms with Crippen molar-refractivity contribution in [2.24, 2.45) is 4.99 Å². The minimum absolute atomic E-state index is 0.0212. The fraction of sp³-hybridized carbons (Fsp3) is 0.625. The van der Waals surface area contributed by atoms with E-state index in [0.29, 0.717) is 45.1 Å². The fourth-order valence-electron chi connectivity index (χ4n) is 2.56. The van der Waals surface area contributed by atoms with Gasteiger partial charge in [0.2, 0.25) is 0 Å². The highest BCUT2D eigenvalue weighted by atomic mass is 32.2. The lowest BCUT2D eigenvalue weighted by atomic mass is 10.3. The van der Waals surface area contributed by atoms with E-state index in [1.165, 1.54) is 12.5 Å². The van der Waals surface area contributed by atoms with Crippen LogP contribution in [0.15, 0.2) is 27.8 Å². The van der Waals surface area contributed by atoms with Crippen molar-refractivity contribution < 1.29 is 22.4 Å². The minimum Gasteiger partial charge on any atom is -0.459 e. The van der Waals surface area contributed by atoms with Crippen molar-refractivity contribution in [3.63, 3.8) is 0 Å². The summed E-state index contributed by atoms with van der Waals surface area (Å²) in [4.78, 5) is 20.3. The van der Waals surface area contributed by atoms with Crippen LogP contribution in [0.3, 0.4) is 0 Å². The first-order valence-electron chi connectivity index (χ1n) is 8.44. The van der Waals surface area contributed by atoms with Crippen molar-refractivity contribution in [3.8, 4) is 0 Å². The van der Waals surface area contributed by atoms with Gasteiger partial charge in [0.1, 0.15) is 9.84 Å². The van der Waals surface area contributed by atoms with E-state index in [1.807, 2.05) is 0 Å². The fourth-order valence-corrected chi connectivity index (χ4v) is 2.98. The zero-order valence-corrected chi connectivity index (χ0v) is 16.0. The Morgan fingerprint density at radius 2 is 1.96 bits per heavy atom. The van der Waals surface area contributed by atoms with Crippen LogP contribution in [0.4, 0.5) is 0 Å². The van der Waals surface area contributed by atoms with Crippen LogP contribution in [0.25, 0.3) is 0 Å². The molecule has 1 saturated heterocycles. The summed E-state index contributed by atoms with van der Waals surface area (Å²) in [7, 11) is -1.29. The van der Waals surface area contributed by atoms with Crippen molar-refractivity contribution in [2.75, 3.05) is 65.0 Å². The molecule has 0 bridgehead atoms. The normalized spacial score (nSPS) is 16.0. The van der Waals surface area contributed by atoms with E-state index in [0.717, 1.165) is 5.96 Å². The maximum Gasteiger partial charge on any atom is 0.289 e. The van der Waals surface area contributed by atoms with Crippen molar-refractivity contribution in [2.45, 2.75) is 0 Å². The summed E-state index contributed by atoms with van der Waals surface area (Å²) in [6, 6.07) is 3.37. The van der Waals surface area contributed by atoms with Crippen molar-refractivity contribution in [1.82, 2.24) is 15.1 Å². The molecule has 1 fully saturated rings. The molecule has 2 heterocycles. The number of carbonyl (C=O) groups excluding carboxylic acids is 1. The van der Waals surface area contributed by atoms with Gasteiger partial charge in [-0.2, -0.15) is 0 Å². The lowest BCUT2D eigenvalue weighted by Crippen LogP contribution is -2.54. The SMILES string of the molecule is CN=C(NCCOCCS(C)(=O)=O)N1CCN(C(=O)c2ccco2)CC1. The van der Waals surface area contributed by atoms with E-state index in [4.69, 9.17) is 9.15 Å². The summed E-state index contributed by atoms with van der Waals surface area (Å²) in [6.45, 7) is 3.62. The number of furan rings is 1. The molecule has 0 radical (unpaired) electrons. The number of guanidine groups is 1. The van der Waals surface area contributed by atoms with E-state index in [1.54, 1.807) is 24.1 Å². The van der Waals surface area contributed by atoms with E-state index < -0.39 is 9.84 Å². The number of ether oxygens (including phenoxy) is 1. The molecule has 9 nitrogen and oxygen atoms in total. The molecule has 10 heteroatoms. The van der Waals surface area contributed by atoms with Gasteiger partial charge in [-0.15, -0.1) is 0 Å². The summed E-state index contributed by atoms with van der Waals surface area (Å²) < 4.78 is 32.5. The number of rotatable bonds is 7. The first-order chi connectivity index (χ1) is 12.4. The molecule has 1 aromatic rings. The third-order valence-electron chi connectivity index (χ3n) is 3.94. The van der Waals surface area contributed by atoms with Gasteiger partial charge in [-0.05, 0) is 12.1 Å². The molecule has 0 spiro atoms. The van der Waals surface area contributed by atoms with Gasteiger partial charge in [0.15, 0.2) is 11.7 Å². The molecule has 0 aromatic carbocycles. The maximum absolute atomic E-state index is 12.3. The number of sulfone groups is 1. The standard InChI is InChI=1S/C16H26N4O5S/c1-17-16(18-5-11-24-12-13-26(2,22)23)20-8-6-19(7-9-20)15(21)14-4-3-10-25-14/h3-4,10H,5-9,11-13H2,1-2H3,(H,17,18). The molecule has 1 amide bonds. The molecular formula is C16H26N4O5S. The van der Waals surface area contributed by atoms with Gasteiger partial charge in [-0.1, -0.05) is 0 Å². The van der Waals surface area contributed by atoms with Gasteiger partial charge in [-0.3, -0.25) is 9.79 Å². The minimum atomic E-state index is -2.99. The largest absolute Gasteiger partial charge is 0.459 e. The highest BCUT2D eigenvalue weighted by molar-refractivity contribution is 7.90. The predicted molar refractivity (Wildman–Crippen MR) is 98.1 cm³/mol. The highest BCUT2D eigenvalue weighted by Gasteiger charge is 2.24. The number of amides is 1. The smallest absolute Gasteiger partial charge is 0.289 e. The zero-order chi connectivity index (χ0) is 19.0. The third-order valence-corrected chi connectivity index (χ3v) is 4.85. The summed E-state index contributed by atoms with van der Waals surface area (Å²) in [6.07, 6.45) is 2.68. The Labute approximate surface area is 153 Å². The Morgan fingerprint density at radius 1 is 1.27 bits per heavy atom. The van der Waals surface area contributed by atoms with Crippen LogP contribution in [0.5, 0.6) is 0 Å². The summed E-state index contributed by atoms with van der Waals surface area (Å²) >= 11 is 0. The summed E-state index contributed by atoms with van der Waals surface area (Å²) in [5, 5.41) is 3.19. The van der Waals surface area contributed by atoms with Crippen LogP contribution in [-0.4, -0.2) is 95.1 Å². The van der Waals surface area contributed by atoms with E-state index >= 15 is 0 Å². The molecule has 0 aliphatic carbocycles. The first kappa shape index (κ1) is 20.2. The van der Waals surface area contributed by atoms with Crippen LogP contribution < -0.4 is 5.32 Å². The Balaban J connectivity index is 1.69. The Morgan fingerprint density at radius 3 is 2.54 bits per heavy atom. The van der Waals surface area contributed by atoms with Crippen molar-refractivity contribution in [3.05, 3.63) is 24.2 Å². The number of hydrogen-bond donors (Lipinski definition) is 1. The van der Waals surface area contributed by atoms with Crippen LogP contribution in [0, 0.1) is 0 Å². The molecule has 1 aromatic heterocycles. The number of piperazine rings is 1. The van der Waals surface area contributed by atoms with Gasteiger partial charge in [0.05, 0.1) is 25.2 Å². The molecule has 26 heavy (non-hydrogen) atoms. The molecule has 2 rings (SSSR count). The first-order valence-corrected chi connectivity index (χ1v) is 10.5. The van der Waals surface area contributed by atoms with Crippen LogP contribution >= 0.6 is 0 Å². The lowest BCUT2D eigenvalue weighted by molar-refractivity contribution is 0.0657. The Bertz CT molecular complexity index is 694.